The number of rotatable bonds is 5. The monoisotopic (exact) mass is 494 g/mol. The smallest absolute Gasteiger partial charge is 0.426 e. The average Bonchev–Trinajstić information content (AvgIpc) is 2.85. The van der Waals surface area contributed by atoms with Crippen LogP contribution in [0.3, 0.4) is 0 Å². The van der Waals surface area contributed by atoms with Gasteiger partial charge in [0.15, 0.2) is 5.83 Å². The molecule has 0 atom stereocenters. The van der Waals surface area contributed by atoms with Crippen LogP contribution in [0.15, 0.2) is 36.2 Å². The SMILES string of the molecule is CC1CCC(C2CCC(C(=O)Oc3ccc(C4CCC(C=C(F)C(F)(F)F)CC4)cc3)CC2)CC1. The van der Waals surface area contributed by atoms with E-state index in [1.165, 1.54) is 25.7 Å². The van der Waals surface area contributed by atoms with Gasteiger partial charge in [0, 0.05) is 0 Å². The highest BCUT2D eigenvalue weighted by Gasteiger charge is 2.36. The predicted octanol–water partition coefficient (Wildman–Crippen LogP) is 8.91. The molecule has 1 aromatic carbocycles. The highest BCUT2D eigenvalue weighted by molar-refractivity contribution is 5.75. The summed E-state index contributed by atoms with van der Waals surface area (Å²) < 4.78 is 56.2. The van der Waals surface area contributed by atoms with Crippen LogP contribution in [0.4, 0.5) is 17.6 Å². The van der Waals surface area contributed by atoms with Crippen LogP contribution in [0.2, 0.25) is 0 Å². The fourth-order valence-corrected chi connectivity index (χ4v) is 6.51. The van der Waals surface area contributed by atoms with Crippen LogP contribution in [0.5, 0.6) is 5.75 Å². The number of ether oxygens (including phenoxy) is 1. The van der Waals surface area contributed by atoms with E-state index in [1.807, 2.05) is 24.3 Å². The quantitative estimate of drug-likeness (QED) is 0.232. The summed E-state index contributed by atoms with van der Waals surface area (Å²) >= 11 is 0. The van der Waals surface area contributed by atoms with Gasteiger partial charge in [0.2, 0.25) is 0 Å². The second kappa shape index (κ2) is 11.5. The lowest BCUT2D eigenvalue weighted by atomic mass is 9.69. The van der Waals surface area contributed by atoms with Crippen molar-refractivity contribution >= 4 is 5.97 Å². The van der Waals surface area contributed by atoms with Gasteiger partial charge >= 0.3 is 12.1 Å². The Morgan fingerprint density at radius 2 is 1.37 bits per heavy atom. The van der Waals surface area contributed by atoms with Gasteiger partial charge < -0.3 is 4.74 Å². The number of carbonyl (C=O) groups is 1. The molecule has 1 aromatic rings. The molecule has 3 aliphatic carbocycles. The zero-order chi connectivity index (χ0) is 25.0. The Hall–Kier alpha value is -1.85. The molecule has 0 aliphatic heterocycles. The van der Waals surface area contributed by atoms with Gasteiger partial charge in [-0.05, 0) is 118 Å². The normalized spacial score (nSPS) is 32.8. The van der Waals surface area contributed by atoms with Crippen molar-refractivity contribution in [1.82, 2.24) is 0 Å². The molecule has 0 aromatic heterocycles. The minimum atomic E-state index is -4.89. The Bertz CT molecular complexity index is 852. The number of halogens is 4. The number of carbonyl (C=O) groups excluding carboxylic acids is 1. The second-order valence-corrected chi connectivity index (χ2v) is 11.2. The Labute approximate surface area is 206 Å². The van der Waals surface area contributed by atoms with Gasteiger partial charge in [-0.2, -0.15) is 13.2 Å². The molecule has 3 saturated carbocycles. The Morgan fingerprint density at radius 1 is 0.829 bits per heavy atom. The largest absolute Gasteiger partial charge is 0.442 e. The van der Waals surface area contributed by atoms with Gasteiger partial charge in [-0.25, -0.2) is 4.39 Å². The summed E-state index contributed by atoms with van der Waals surface area (Å²) in [4.78, 5) is 12.7. The Balaban J connectivity index is 1.21. The molecule has 0 amide bonds. The van der Waals surface area contributed by atoms with Gasteiger partial charge in [0.1, 0.15) is 5.75 Å². The molecule has 2 nitrogen and oxygen atoms in total. The lowest BCUT2D eigenvalue weighted by Crippen LogP contribution is -2.29. The summed E-state index contributed by atoms with van der Waals surface area (Å²) in [7, 11) is 0. The first kappa shape index (κ1) is 26.2. The Kier molecular flexibility index (Phi) is 8.59. The number of alkyl halides is 3. The van der Waals surface area contributed by atoms with Crippen molar-refractivity contribution in [3.8, 4) is 5.75 Å². The van der Waals surface area contributed by atoms with Crippen molar-refractivity contribution in [3.63, 3.8) is 0 Å². The molecule has 0 radical (unpaired) electrons. The predicted molar refractivity (Wildman–Crippen MR) is 129 cm³/mol. The van der Waals surface area contributed by atoms with E-state index in [1.54, 1.807) is 0 Å². The molecule has 0 spiro atoms. The van der Waals surface area contributed by atoms with E-state index in [2.05, 4.69) is 6.92 Å². The highest BCUT2D eigenvalue weighted by atomic mass is 19.4. The van der Waals surface area contributed by atoms with E-state index >= 15 is 0 Å². The van der Waals surface area contributed by atoms with E-state index < -0.39 is 12.0 Å². The first-order valence-electron chi connectivity index (χ1n) is 13.4. The molecular formula is C29H38F4O2. The van der Waals surface area contributed by atoms with E-state index in [4.69, 9.17) is 4.74 Å². The number of hydrogen-bond acceptors (Lipinski definition) is 2. The van der Waals surface area contributed by atoms with Crippen molar-refractivity contribution in [1.29, 1.82) is 0 Å². The van der Waals surface area contributed by atoms with E-state index in [0.29, 0.717) is 31.4 Å². The lowest BCUT2D eigenvalue weighted by Gasteiger charge is -2.36. The third-order valence-electron chi connectivity index (χ3n) is 8.83. The van der Waals surface area contributed by atoms with Gasteiger partial charge in [-0.1, -0.05) is 31.9 Å². The Morgan fingerprint density at radius 3 is 1.91 bits per heavy atom. The maximum absolute atomic E-state index is 13.2. The standard InChI is InChI=1S/C29H38F4O2/c1-19-2-6-21(7-3-19)23-10-12-25(13-11-23)28(34)35-26-16-14-24(15-17-26)22-8-4-20(5-9-22)18-27(30)29(31,32)33/h14-23,25H,2-13H2,1H3. The minimum absolute atomic E-state index is 0.0196. The topological polar surface area (TPSA) is 26.3 Å². The zero-order valence-corrected chi connectivity index (χ0v) is 20.7. The molecule has 0 saturated heterocycles. The molecule has 3 aliphatic rings. The summed E-state index contributed by atoms with van der Waals surface area (Å²) in [6.45, 7) is 2.35. The third-order valence-corrected chi connectivity index (χ3v) is 8.83. The molecule has 0 N–H and O–H groups in total. The van der Waals surface area contributed by atoms with Crippen molar-refractivity contribution in [2.45, 2.75) is 96.1 Å². The van der Waals surface area contributed by atoms with E-state index in [-0.39, 0.29) is 23.7 Å². The summed E-state index contributed by atoms with van der Waals surface area (Å²) in [5.41, 5.74) is 1.09. The summed E-state index contributed by atoms with van der Waals surface area (Å²) in [5.74, 6) is 0.744. The molecule has 0 unspecified atom stereocenters. The van der Waals surface area contributed by atoms with Crippen molar-refractivity contribution in [2.24, 2.45) is 29.6 Å². The fourth-order valence-electron chi connectivity index (χ4n) is 6.51. The third kappa shape index (κ3) is 7.10. The summed E-state index contributed by atoms with van der Waals surface area (Å²) in [6, 6.07) is 7.52. The molecular weight excluding hydrogens is 456 g/mol. The highest BCUT2D eigenvalue weighted by Crippen LogP contribution is 2.42. The van der Waals surface area contributed by atoms with Crippen LogP contribution in [0.25, 0.3) is 0 Å². The lowest BCUT2D eigenvalue weighted by molar-refractivity contribution is -0.140. The van der Waals surface area contributed by atoms with Crippen LogP contribution >= 0.6 is 0 Å². The molecule has 3 fully saturated rings. The molecule has 0 heterocycles. The number of benzene rings is 1. The number of hydrogen-bond donors (Lipinski definition) is 0. The van der Waals surface area contributed by atoms with Crippen molar-refractivity contribution in [3.05, 3.63) is 41.7 Å². The molecule has 194 valence electrons. The van der Waals surface area contributed by atoms with Crippen LogP contribution < -0.4 is 4.74 Å². The van der Waals surface area contributed by atoms with Crippen molar-refractivity contribution < 1.29 is 27.1 Å². The summed E-state index contributed by atoms with van der Waals surface area (Å²) in [6.07, 6.45) is 7.82. The van der Waals surface area contributed by atoms with Crippen LogP contribution in [-0.2, 0) is 4.79 Å². The average molecular weight is 495 g/mol. The summed E-state index contributed by atoms with van der Waals surface area (Å²) in [5, 5.41) is 0. The first-order valence-corrected chi connectivity index (χ1v) is 13.4. The van der Waals surface area contributed by atoms with Gasteiger partial charge in [-0.15, -0.1) is 0 Å². The first-order chi connectivity index (χ1) is 16.7. The molecule has 4 rings (SSSR count). The van der Waals surface area contributed by atoms with E-state index in [9.17, 15) is 22.4 Å². The van der Waals surface area contributed by atoms with Crippen molar-refractivity contribution in [2.75, 3.05) is 0 Å². The second-order valence-electron chi connectivity index (χ2n) is 11.2. The van der Waals surface area contributed by atoms with Crippen LogP contribution in [-0.4, -0.2) is 12.1 Å². The molecule has 35 heavy (non-hydrogen) atoms. The van der Waals surface area contributed by atoms with E-state index in [0.717, 1.165) is 55.1 Å². The van der Waals surface area contributed by atoms with Gasteiger partial charge in [0.25, 0.3) is 0 Å². The van der Waals surface area contributed by atoms with Crippen LogP contribution in [0, 0.1) is 29.6 Å². The fraction of sp³-hybridized carbons (Fsp3) is 0.690. The maximum atomic E-state index is 13.2. The number of allylic oxidation sites excluding steroid dienone is 2. The molecule has 6 heteroatoms. The van der Waals surface area contributed by atoms with Gasteiger partial charge in [-0.3, -0.25) is 4.79 Å². The maximum Gasteiger partial charge on any atom is 0.442 e. The number of esters is 1. The molecule has 0 bridgehead atoms. The van der Waals surface area contributed by atoms with Crippen LogP contribution in [0.1, 0.15) is 95.5 Å². The minimum Gasteiger partial charge on any atom is -0.426 e. The zero-order valence-electron chi connectivity index (χ0n) is 20.7. The van der Waals surface area contributed by atoms with Gasteiger partial charge in [0.05, 0.1) is 5.92 Å².